The lowest BCUT2D eigenvalue weighted by atomic mass is 10.2. The van der Waals surface area contributed by atoms with Gasteiger partial charge in [-0.1, -0.05) is 12.1 Å². The first-order chi connectivity index (χ1) is 8.13. The molecule has 2 aromatic rings. The SMILES string of the molecule is CCOc1cccc2cc([N+](=O)[O-])c(=O)oc12. The number of ether oxygens (including phenoxy) is 1. The van der Waals surface area contributed by atoms with Crippen molar-refractivity contribution in [3.63, 3.8) is 0 Å². The van der Waals surface area contributed by atoms with Crippen LogP contribution in [0.2, 0.25) is 0 Å². The molecule has 88 valence electrons. The first kappa shape index (κ1) is 11.1. The molecule has 0 saturated carbocycles. The smallest absolute Gasteiger partial charge is 0.415 e. The average Bonchev–Trinajstić information content (AvgIpc) is 2.29. The lowest BCUT2D eigenvalue weighted by Crippen LogP contribution is -2.06. The van der Waals surface area contributed by atoms with Crippen molar-refractivity contribution in [2.45, 2.75) is 6.92 Å². The molecule has 0 saturated heterocycles. The fraction of sp³-hybridized carbons (Fsp3) is 0.182. The van der Waals surface area contributed by atoms with Crippen molar-refractivity contribution < 1.29 is 14.1 Å². The van der Waals surface area contributed by atoms with E-state index < -0.39 is 16.2 Å². The van der Waals surface area contributed by atoms with Crippen molar-refractivity contribution in [1.82, 2.24) is 0 Å². The zero-order valence-corrected chi connectivity index (χ0v) is 9.00. The Balaban J connectivity index is 2.73. The second-order valence-electron chi connectivity index (χ2n) is 3.28. The predicted octanol–water partition coefficient (Wildman–Crippen LogP) is 2.10. The van der Waals surface area contributed by atoms with Crippen LogP contribution in [0.3, 0.4) is 0 Å². The van der Waals surface area contributed by atoms with Crippen LogP contribution in [0.1, 0.15) is 6.92 Å². The van der Waals surface area contributed by atoms with Crippen LogP contribution in [-0.2, 0) is 0 Å². The van der Waals surface area contributed by atoms with E-state index in [9.17, 15) is 14.9 Å². The molecule has 1 aromatic heterocycles. The summed E-state index contributed by atoms with van der Waals surface area (Å²) in [5.41, 5.74) is -1.33. The summed E-state index contributed by atoms with van der Waals surface area (Å²) in [5, 5.41) is 11.1. The zero-order valence-electron chi connectivity index (χ0n) is 9.00. The van der Waals surface area contributed by atoms with Gasteiger partial charge in [0.2, 0.25) is 0 Å². The molecule has 6 nitrogen and oxygen atoms in total. The minimum Gasteiger partial charge on any atom is -0.490 e. The van der Waals surface area contributed by atoms with Crippen LogP contribution in [0.15, 0.2) is 33.5 Å². The second-order valence-corrected chi connectivity index (χ2v) is 3.28. The Kier molecular flexibility index (Phi) is 2.78. The van der Waals surface area contributed by atoms with Crippen LogP contribution in [0.5, 0.6) is 5.75 Å². The Morgan fingerprint density at radius 2 is 2.24 bits per heavy atom. The largest absolute Gasteiger partial charge is 0.490 e. The highest BCUT2D eigenvalue weighted by Gasteiger charge is 2.17. The van der Waals surface area contributed by atoms with Crippen molar-refractivity contribution in [2.75, 3.05) is 6.61 Å². The van der Waals surface area contributed by atoms with Gasteiger partial charge in [-0.15, -0.1) is 0 Å². The molecule has 17 heavy (non-hydrogen) atoms. The van der Waals surface area contributed by atoms with Crippen LogP contribution in [0.25, 0.3) is 11.0 Å². The number of nitro groups is 1. The monoisotopic (exact) mass is 235 g/mol. The Hall–Kier alpha value is -2.37. The molecule has 1 aromatic carbocycles. The number of rotatable bonds is 3. The topological polar surface area (TPSA) is 82.6 Å². The molecule has 0 radical (unpaired) electrons. The molecular formula is C11H9NO5. The van der Waals surface area contributed by atoms with Crippen molar-refractivity contribution in [1.29, 1.82) is 0 Å². The fourth-order valence-electron chi connectivity index (χ4n) is 1.50. The predicted molar refractivity (Wildman–Crippen MR) is 60.3 cm³/mol. The summed E-state index contributed by atoms with van der Waals surface area (Å²) in [7, 11) is 0. The van der Waals surface area contributed by atoms with Crippen LogP contribution in [0.4, 0.5) is 5.69 Å². The van der Waals surface area contributed by atoms with Gasteiger partial charge in [-0.05, 0) is 13.0 Å². The molecule has 0 amide bonds. The lowest BCUT2D eigenvalue weighted by Gasteiger charge is -2.04. The van der Waals surface area contributed by atoms with E-state index >= 15 is 0 Å². The number of hydrogen-bond donors (Lipinski definition) is 0. The molecule has 6 heteroatoms. The van der Waals surface area contributed by atoms with E-state index in [2.05, 4.69) is 0 Å². The highest BCUT2D eigenvalue weighted by molar-refractivity contribution is 5.83. The molecule has 0 N–H and O–H groups in total. The van der Waals surface area contributed by atoms with Gasteiger partial charge >= 0.3 is 11.3 Å². The van der Waals surface area contributed by atoms with Gasteiger partial charge in [0, 0.05) is 11.5 Å². The molecule has 0 aliphatic heterocycles. The molecule has 0 unspecified atom stereocenters. The van der Waals surface area contributed by atoms with Crippen LogP contribution in [0, 0.1) is 10.1 Å². The van der Waals surface area contributed by atoms with E-state index in [4.69, 9.17) is 9.15 Å². The van der Waals surface area contributed by atoms with E-state index in [0.717, 1.165) is 0 Å². The zero-order chi connectivity index (χ0) is 12.4. The van der Waals surface area contributed by atoms with Gasteiger partial charge < -0.3 is 9.15 Å². The van der Waals surface area contributed by atoms with Crippen molar-refractivity contribution in [3.8, 4) is 5.75 Å². The van der Waals surface area contributed by atoms with Crippen LogP contribution < -0.4 is 10.4 Å². The van der Waals surface area contributed by atoms with Gasteiger partial charge in [0.05, 0.1) is 11.5 Å². The second kappa shape index (κ2) is 4.25. The molecule has 0 aliphatic rings. The minimum atomic E-state index is -0.977. The number of hydrogen-bond acceptors (Lipinski definition) is 5. The van der Waals surface area contributed by atoms with E-state index in [1.165, 1.54) is 6.07 Å². The Morgan fingerprint density at radius 1 is 1.47 bits per heavy atom. The summed E-state index contributed by atoms with van der Waals surface area (Å²) in [4.78, 5) is 21.2. The summed E-state index contributed by atoms with van der Waals surface area (Å²) in [6, 6.07) is 6.12. The van der Waals surface area contributed by atoms with Crippen molar-refractivity contribution in [3.05, 3.63) is 44.8 Å². The van der Waals surface area contributed by atoms with Gasteiger partial charge in [0.25, 0.3) is 0 Å². The fourth-order valence-corrected chi connectivity index (χ4v) is 1.50. The quantitative estimate of drug-likeness (QED) is 0.462. The summed E-state index contributed by atoms with van der Waals surface area (Å²) in [6.45, 7) is 2.21. The number of nitrogens with zero attached hydrogens (tertiary/aromatic N) is 1. The van der Waals surface area contributed by atoms with Gasteiger partial charge in [-0.25, -0.2) is 4.79 Å². The third-order valence-corrected chi connectivity index (χ3v) is 2.20. The summed E-state index contributed by atoms with van der Waals surface area (Å²) < 4.78 is 10.2. The van der Waals surface area contributed by atoms with E-state index in [-0.39, 0.29) is 5.58 Å². The Labute approximate surface area is 95.6 Å². The van der Waals surface area contributed by atoms with Gasteiger partial charge in [-0.2, -0.15) is 0 Å². The minimum absolute atomic E-state index is 0.227. The van der Waals surface area contributed by atoms with E-state index in [1.807, 2.05) is 0 Å². The summed E-state index contributed by atoms with van der Waals surface area (Å²) >= 11 is 0. The maximum atomic E-state index is 11.4. The first-order valence-corrected chi connectivity index (χ1v) is 4.97. The van der Waals surface area contributed by atoms with Crippen molar-refractivity contribution in [2.24, 2.45) is 0 Å². The molecule has 0 spiro atoms. The lowest BCUT2D eigenvalue weighted by molar-refractivity contribution is -0.387. The maximum Gasteiger partial charge on any atom is 0.415 e. The molecule has 0 aliphatic carbocycles. The molecular weight excluding hydrogens is 226 g/mol. The average molecular weight is 235 g/mol. The Bertz CT molecular complexity index is 631. The first-order valence-electron chi connectivity index (χ1n) is 4.97. The van der Waals surface area contributed by atoms with Gasteiger partial charge in [0.1, 0.15) is 0 Å². The molecule has 2 rings (SSSR count). The van der Waals surface area contributed by atoms with Gasteiger partial charge in [0.15, 0.2) is 11.3 Å². The molecule has 1 heterocycles. The standard InChI is InChI=1S/C11H9NO5/c1-2-16-9-5-3-4-7-6-8(12(14)15)11(13)17-10(7)9/h3-6H,2H2,1H3. The highest BCUT2D eigenvalue weighted by Crippen LogP contribution is 2.26. The van der Waals surface area contributed by atoms with E-state index in [1.54, 1.807) is 25.1 Å². The molecule has 0 fully saturated rings. The summed E-state index contributed by atoms with van der Waals surface area (Å²) in [5.74, 6) is 0.400. The molecule has 0 atom stereocenters. The van der Waals surface area contributed by atoms with Crippen LogP contribution >= 0.6 is 0 Å². The maximum absolute atomic E-state index is 11.4. The number of fused-ring (bicyclic) bond motifs is 1. The van der Waals surface area contributed by atoms with E-state index in [0.29, 0.717) is 17.7 Å². The van der Waals surface area contributed by atoms with Crippen LogP contribution in [-0.4, -0.2) is 11.5 Å². The highest BCUT2D eigenvalue weighted by atomic mass is 16.6. The third-order valence-electron chi connectivity index (χ3n) is 2.20. The third kappa shape index (κ3) is 1.96. The normalized spacial score (nSPS) is 10.4. The molecule has 0 bridgehead atoms. The Morgan fingerprint density at radius 3 is 2.88 bits per heavy atom. The number of para-hydroxylation sites is 1. The van der Waals surface area contributed by atoms with Crippen molar-refractivity contribution >= 4 is 16.7 Å². The summed E-state index contributed by atoms with van der Waals surface area (Å²) in [6.07, 6.45) is 0. The van der Waals surface area contributed by atoms with Gasteiger partial charge in [-0.3, -0.25) is 10.1 Å². The number of benzene rings is 1.